The second-order valence-electron chi connectivity index (χ2n) is 4.99. The summed E-state index contributed by atoms with van der Waals surface area (Å²) in [6.45, 7) is 3.98. The standard InChI is InChI=1S/C14H20N4O4/c1-3-4-5-6-7-11(2)15-16-13-9-8-12(17(19)20)10-14(13)18(21)22/h8-10,16H,3-7H2,1-2H3/b15-11-. The molecule has 120 valence electrons. The maximum absolute atomic E-state index is 11.0. The van der Waals surface area contributed by atoms with E-state index in [1.54, 1.807) is 0 Å². The summed E-state index contributed by atoms with van der Waals surface area (Å²) >= 11 is 0. The van der Waals surface area contributed by atoms with Crippen LogP contribution < -0.4 is 5.43 Å². The Morgan fingerprint density at radius 3 is 2.50 bits per heavy atom. The van der Waals surface area contributed by atoms with Crippen molar-refractivity contribution < 1.29 is 9.85 Å². The third-order valence-electron chi connectivity index (χ3n) is 3.15. The summed E-state index contributed by atoms with van der Waals surface area (Å²) in [6.07, 6.45) is 5.29. The molecule has 0 aliphatic heterocycles. The van der Waals surface area contributed by atoms with Crippen molar-refractivity contribution in [3.05, 3.63) is 38.4 Å². The number of nitrogens with zero attached hydrogens (tertiary/aromatic N) is 3. The highest BCUT2D eigenvalue weighted by molar-refractivity contribution is 5.83. The molecule has 0 unspecified atom stereocenters. The first-order valence-electron chi connectivity index (χ1n) is 7.17. The minimum absolute atomic E-state index is 0.142. The summed E-state index contributed by atoms with van der Waals surface area (Å²) < 4.78 is 0. The van der Waals surface area contributed by atoms with Gasteiger partial charge >= 0.3 is 5.69 Å². The van der Waals surface area contributed by atoms with Gasteiger partial charge in [0.1, 0.15) is 5.69 Å². The minimum atomic E-state index is -0.668. The van der Waals surface area contributed by atoms with E-state index in [4.69, 9.17) is 0 Å². The summed E-state index contributed by atoms with van der Waals surface area (Å²) in [5.41, 5.74) is 2.92. The summed E-state index contributed by atoms with van der Waals surface area (Å²) in [6, 6.07) is 3.43. The van der Waals surface area contributed by atoms with E-state index in [-0.39, 0.29) is 17.1 Å². The number of hydrogen-bond acceptors (Lipinski definition) is 6. The molecule has 0 aromatic heterocycles. The van der Waals surface area contributed by atoms with Crippen molar-refractivity contribution in [2.24, 2.45) is 5.10 Å². The maximum Gasteiger partial charge on any atom is 0.301 e. The lowest BCUT2D eigenvalue weighted by Crippen LogP contribution is -2.01. The average Bonchev–Trinajstić information content (AvgIpc) is 2.49. The Hall–Kier alpha value is -2.51. The van der Waals surface area contributed by atoms with E-state index in [1.165, 1.54) is 18.6 Å². The van der Waals surface area contributed by atoms with E-state index < -0.39 is 9.85 Å². The van der Waals surface area contributed by atoms with Crippen molar-refractivity contribution >= 4 is 22.8 Å². The van der Waals surface area contributed by atoms with Crippen molar-refractivity contribution in [2.45, 2.75) is 46.0 Å². The van der Waals surface area contributed by atoms with Crippen LogP contribution in [0.4, 0.5) is 17.1 Å². The highest BCUT2D eigenvalue weighted by atomic mass is 16.6. The van der Waals surface area contributed by atoms with Crippen LogP contribution in [-0.4, -0.2) is 15.6 Å². The monoisotopic (exact) mass is 308 g/mol. The first-order chi connectivity index (χ1) is 10.5. The van der Waals surface area contributed by atoms with E-state index in [0.29, 0.717) is 0 Å². The molecular formula is C14H20N4O4. The molecule has 0 amide bonds. The number of hydrogen-bond donors (Lipinski definition) is 1. The number of unbranched alkanes of at least 4 members (excludes halogenated alkanes) is 3. The molecule has 0 atom stereocenters. The van der Waals surface area contributed by atoms with Gasteiger partial charge < -0.3 is 0 Å². The van der Waals surface area contributed by atoms with Gasteiger partial charge in [-0.25, -0.2) is 0 Å². The van der Waals surface area contributed by atoms with Gasteiger partial charge in [0.25, 0.3) is 5.69 Å². The number of hydrazone groups is 1. The summed E-state index contributed by atoms with van der Waals surface area (Å²) in [4.78, 5) is 20.3. The number of benzene rings is 1. The molecule has 1 rings (SSSR count). The topological polar surface area (TPSA) is 111 Å². The van der Waals surface area contributed by atoms with Crippen LogP contribution in [0.15, 0.2) is 23.3 Å². The molecule has 0 saturated carbocycles. The highest BCUT2D eigenvalue weighted by Crippen LogP contribution is 2.28. The van der Waals surface area contributed by atoms with Crippen molar-refractivity contribution in [3.8, 4) is 0 Å². The molecule has 1 aromatic rings. The van der Waals surface area contributed by atoms with Crippen LogP contribution in [-0.2, 0) is 0 Å². The number of nitro groups is 2. The predicted molar refractivity (Wildman–Crippen MR) is 85.2 cm³/mol. The van der Waals surface area contributed by atoms with Crippen LogP contribution >= 0.6 is 0 Å². The molecule has 1 N–H and O–H groups in total. The normalized spacial score (nSPS) is 11.3. The zero-order valence-corrected chi connectivity index (χ0v) is 12.7. The Labute approximate surface area is 128 Å². The molecule has 0 aliphatic carbocycles. The molecule has 0 heterocycles. The molecule has 0 fully saturated rings. The highest BCUT2D eigenvalue weighted by Gasteiger charge is 2.19. The molecule has 0 radical (unpaired) electrons. The summed E-state index contributed by atoms with van der Waals surface area (Å²) in [7, 11) is 0. The largest absolute Gasteiger partial charge is 0.301 e. The molecule has 0 saturated heterocycles. The molecule has 22 heavy (non-hydrogen) atoms. The summed E-state index contributed by atoms with van der Waals surface area (Å²) in [5, 5.41) is 25.7. The molecule has 0 aliphatic rings. The third kappa shape index (κ3) is 5.47. The number of rotatable bonds is 9. The zero-order chi connectivity index (χ0) is 16.5. The van der Waals surface area contributed by atoms with Crippen molar-refractivity contribution in [2.75, 3.05) is 5.43 Å². The summed E-state index contributed by atoms with van der Waals surface area (Å²) in [5.74, 6) is 0. The Kier molecular flexibility index (Phi) is 6.94. The maximum atomic E-state index is 11.0. The van der Waals surface area contributed by atoms with Crippen LogP contribution in [0.3, 0.4) is 0 Å². The number of anilines is 1. The van der Waals surface area contributed by atoms with E-state index in [9.17, 15) is 20.2 Å². The van der Waals surface area contributed by atoms with Gasteiger partial charge in [0.05, 0.1) is 15.9 Å². The van der Waals surface area contributed by atoms with Gasteiger partial charge in [-0.3, -0.25) is 25.7 Å². The lowest BCUT2D eigenvalue weighted by molar-refractivity contribution is -0.393. The molecule has 0 spiro atoms. The van der Waals surface area contributed by atoms with E-state index in [0.717, 1.165) is 37.5 Å². The molecular weight excluding hydrogens is 288 g/mol. The van der Waals surface area contributed by atoms with Crippen molar-refractivity contribution in [1.82, 2.24) is 0 Å². The van der Waals surface area contributed by atoms with Crippen LogP contribution in [0.1, 0.15) is 46.0 Å². The lowest BCUT2D eigenvalue weighted by atomic mass is 10.1. The van der Waals surface area contributed by atoms with E-state index in [2.05, 4.69) is 17.5 Å². The molecule has 8 heteroatoms. The third-order valence-corrected chi connectivity index (χ3v) is 3.15. The van der Waals surface area contributed by atoms with E-state index in [1.807, 2.05) is 6.92 Å². The van der Waals surface area contributed by atoms with Gasteiger partial charge in [-0.2, -0.15) is 5.10 Å². The predicted octanol–water partition coefficient (Wildman–Crippen LogP) is 4.26. The Bertz CT molecular complexity index is 572. The quantitative estimate of drug-likeness (QED) is 0.317. The van der Waals surface area contributed by atoms with Gasteiger partial charge in [-0.1, -0.05) is 26.2 Å². The van der Waals surface area contributed by atoms with Crippen molar-refractivity contribution in [1.29, 1.82) is 0 Å². The van der Waals surface area contributed by atoms with Gasteiger partial charge in [-0.05, 0) is 25.8 Å². The SMILES string of the molecule is CCCCCC/C(C)=N\Nc1ccc([N+](=O)[O-])cc1[N+](=O)[O-]. The number of nitro benzene ring substituents is 2. The first kappa shape index (κ1) is 17.5. The minimum Gasteiger partial charge on any atom is -0.272 e. The van der Waals surface area contributed by atoms with Crippen LogP contribution in [0.25, 0.3) is 0 Å². The van der Waals surface area contributed by atoms with Crippen LogP contribution in [0.5, 0.6) is 0 Å². The molecule has 8 nitrogen and oxygen atoms in total. The van der Waals surface area contributed by atoms with Gasteiger partial charge in [-0.15, -0.1) is 0 Å². The number of nitrogens with one attached hydrogen (secondary N) is 1. The van der Waals surface area contributed by atoms with Gasteiger partial charge in [0, 0.05) is 11.8 Å². The average molecular weight is 308 g/mol. The fourth-order valence-electron chi connectivity index (χ4n) is 1.90. The van der Waals surface area contributed by atoms with E-state index >= 15 is 0 Å². The van der Waals surface area contributed by atoms with Crippen LogP contribution in [0, 0.1) is 20.2 Å². The van der Waals surface area contributed by atoms with Gasteiger partial charge in [0.15, 0.2) is 0 Å². The molecule has 1 aromatic carbocycles. The molecule has 0 bridgehead atoms. The Morgan fingerprint density at radius 1 is 1.18 bits per heavy atom. The second kappa shape index (κ2) is 8.71. The Morgan fingerprint density at radius 2 is 1.91 bits per heavy atom. The first-order valence-corrected chi connectivity index (χ1v) is 7.17. The zero-order valence-electron chi connectivity index (χ0n) is 12.7. The Balaban J connectivity index is 2.76. The number of non-ortho nitro benzene ring substituents is 1. The van der Waals surface area contributed by atoms with Gasteiger partial charge in [0.2, 0.25) is 0 Å². The fraction of sp³-hybridized carbons (Fsp3) is 0.500. The van der Waals surface area contributed by atoms with Crippen LogP contribution in [0.2, 0.25) is 0 Å². The smallest absolute Gasteiger partial charge is 0.272 e. The second-order valence-corrected chi connectivity index (χ2v) is 4.99. The fourth-order valence-corrected chi connectivity index (χ4v) is 1.90. The van der Waals surface area contributed by atoms with Crippen molar-refractivity contribution in [3.63, 3.8) is 0 Å². The lowest BCUT2D eigenvalue weighted by Gasteiger charge is -2.04.